The van der Waals surface area contributed by atoms with E-state index in [-0.39, 0.29) is 11.3 Å². The van der Waals surface area contributed by atoms with Crippen LogP contribution >= 0.6 is 0 Å². The Morgan fingerprint density at radius 3 is 2.68 bits per heavy atom. The van der Waals surface area contributed by atoms with Crippen molar-refractivity contribution in [1.82, 2.24) is 24.2 Å². The number of ketones is 1. The van der Waals surface area contributed by atoms with Gasteiger partial charge in [0.25, 0.3) is 11.7 Å². The lowest BCUT2D eigenvalue weighted by Gasteiger charge is -2.30. The summed E-state index contributed by atoms with van der Waals surface area (Å²) >= 11 is 0. The summed E-state index contributed by atoms with van der Waals surface area (Å²) in [6.45, 7) is 7.55. The van der Waals surface area contributed by atoms with Crippen LogP contribution in [-0.4, -0.2) is 80.4 Å². The summed E-state index contributed by atoms with van der Waals surface area (Å²) in [5, 5.41) is 11.5. The van der Waals surface area contributed by atoms with Crippen LogP contribution in [0.2, 0.25) is 0 Å². The first kappa shape index (κ1) is 22.2. The lowest BCUT2D eigenvalue weighted by Crippen LogP contribution is -2.42. The standard InChI is InChI=1S/C25H27N5O4/c1-16-5-4-8-29-20(17(2)27-24(16)29)22(31)19-21(18-6-3-7-26-15-18)30(25(33)23(19)32)10-9-28-11-13-34-14-12-28/h3-8,15,21,31H,9-14H2,1-2H3/t21-/m0/s1. The molecule has 1 N–H and O–H groups in total. The number of carbonyl (C=O) groups excluding carboxylic acids is 2. The Hall–Kier alpha value is -3.56. The number of rotatable bonds is 5. The summed E-state index contributed by atoms with van der Waals surface area (Å²) in [7, 11) is 0. The van der Waals surface area contributed by atoms with Crippen LogP contribution in [-0.2, 0) is 14.3 Å². The minimum atomic E-state index is -0.732. The van der Waals surface area contributed by atoms with E-state index < -0.39 is 17.7 Å². The third-order valence-electron chi connectivity index (χ3n) is 6.54. The Morgan fingerprint density at radius 2 is 1.94 bits per heavy atom. The monoisotopic (exact) mass is 461 g/mol. The molecule has 5 heterocycles. The molecule has 0 saturated carbocycles. The number of morpholine rings is 1. The Bertz CT molecular complexity index is 1280. The molecule has 176 valence electrons. The molecule has 1 amide bonds. The molecular formula is C25H27N5O4. The summed E-state index contributed by atoms with van der Waals surface area (Å²) in [5.41, 5.74) is 3.37. The van der Waals surface area contributed by atoms with Gasteiger partial charge in [-0.05, 0) is 37.1 Å². The third kappa shape index (κ3) is 3.76. The highest BCUT2D eigenvalue weighted by atomic mass is 16.5. The molecule has 3 aromatic heterocycles. The number of hydrogen-bond acceptors (Lipinski definition) is 7. The minimum absolute atomic E-state index is 0.0615. The number of aliphatic hydroxyl groups is 1. The van der Waals surface area contributed by atoms with Crippen molar-refractivity contribution in [3.8, 4) is 0 Å². The number of Topliss-reactive ketones (excluding diaryl/α,β-unsaturated/α-hetero) is 1. The second kappa shape index (κ2) is 9.00. The Kier molecular flexibility index (Phi) is 5.89. The highest BCUT2D eigenvalue weighted by Crippen LogP contribution is 2.39. The number of aryl methyl sites for hydroxylation is 2. The largest absolute Gasteiger partial charge is 0.505 e. The fraction of sp³-hybridized carbons (Fsp3) is 0.360. The van der Waals surface area contributed by atoms with Gasteiger partial charge in [0.2, 0.25) is 0 Å². The number of amides is 1. The topological polar surface area (TPSA) is 100 Å². The summed E-state index contributed by atoms with van der Waals surface area (Å²) in [4.78, 5) is 39.1. The molecule has 2 aliphatic heterocycles. The van der Waals surface area contributed by atoms with Crippen LogP contribution in [0.15, 0.2) is 48.4 Å². The van der Waals surface area contributed by atoms with Gasteiger partial charge in [-0.2, -0.15) is 0 Å². The predicted molar refractivity (Wildman–Crippen MR) is 125 cm³/mol. The molecule has 0 aromatic carbocycles. The number of ether oxygens (including phenoxy) is 1. The van der Waals surface area contributed by atoms with Crippen molar-refractivity contribution in [3.63, 3.8) is 0 Å². The maximum Gasteiger partial charge on any atom is 0.295 e. The van der Waals surface area contributed by atoms with E-state index in [0.29, 0.717) is 48.9 Å². The van der Waals surface area contributed by atoms with E-state index in [0.717, 1.165) is 18.7 Å². The first-order chi connectivity index (χ1) is 16.5. The van der Waals surface area contributed by atoms with Gasteiger partial charge in [0, 0.05) is 44.8 Å². The van der Waals surface area contributed by atoms with Crippen molar-refractivity contribution in [2.75, 3.05) is 39.4 Å². The fourth-order valence-electron chi connectivity index (χ4n) is 4.80. The second-order valence-corrected chi connectivity index (χ2v) is 8.66. The number of hydrogen-bond donors (Lipinski definition) is 1. The zero-order valence-electron chi connectivity index (χ0n) is 19.3. The Morgan fingerprint density at radius 1 is 1.15 bits per heavy atom. The van der Waals surface area contributed by atoms with Crippen molar-refractivity contribution in [1.29, 1.82) is 0 Å². The first-order valence-corrected chi connectivity index (χ1v) is 11.4. The van der Waals surface area contributed by atoms with Crippen LogP contribution < -0.4 is 0 Å². The van der Waals surface area contributed by atoms with Crippen molar-refractivity contribution >= 4 is 23.1 Å². The number of pyridine rings is 2. The molecule has 3 aromatic rings. The van der Waals surface area contributed by atoms with Crippen LogP contribution in [0.3, 0.4) is 0 Å². The van der Waals surface area contributed by atoms with Crippen molar-refractivity contribution in [2.45, 2.75) is 19.9 Å². The molecular weight excluding hydrogens is 434 g/mol. The molecule has 0 spiro atoms. The van der Waals surface area contributed by atoms with Crippen LogP contribution in [0.5, 0.6) is 0 Å². The van der Waals surface area contributed by atoms with Gasteiger partial charge in [-0.1, -0.05) is 12.1 Å². The van der Waals surface area contributed by atoms with E-state index in [1.54, 1.807) is 40.9 Å². The fourth-order valence-corrected chi connectivity index (χ4v) is 4.80. The maximum absolute atomic E-state index is 13.3. The summed E-state index contributed by atoms with van der Waals surface area (Å²) in [6, 6.07) is 6.65. The number of fused-ring (bicyclic) bond motifs is 1. The minimum Gasteiger partial charge on any atom is -0.505 e. The third-order valence-corrected chi connectivity index (χ3v) is 6.54. The average Bonchev–Trinajstić information content (AvgIpc) is 3.33. The molecule has 2 saturated heterocycles. The van der Waals surface area contributed by atoms with Crippen molar-refractivity contribution in [2.24, 2.45) is 0 Å². The Balaban J connectivity index is 1.61. The number of likely N-dealkylation sites (tertiary alicyclic amines) is 1. The number of carbonyl (C=O) groups is 2. The second-order valence-electron chi connectivity index (χ2n) is 8.66. The van der Waals surface area contributed by atoms with E-state index in [1.807, 2.05) is 25.1 Å². The van der Waals surface area contributed by atoms with Gasteiger partial charge in [-0.15, -0.1) is 0 Å². The van der Waals surface area contributed by atoms with Gasteiger partial charge in [0.05, 0.1) is 30.5 Å². The first-order valence-electron chi connectivity index (χ1n) is 11.4. The van der Waals surface area contributed by atoms with Gasteiger partial charge in [0.1, 0.15) is 11.3 Å². The van der Waals surface area contributed by atoms with E-state index >= 15 is 0 Å². The zero-order valence-corrected chi connectivity index (χ0v) is 19.3. The maximum atomic E-state index is 13.3. The SMILES string of the molecule is Cc1nc2c(C)cccn2c1C(O)=C1C(=O)C(=O)N(CCN2CCOCC2)[C@H]1c1cccnc1. The Labute approximate surface area is 197 Å². The van der Waals surface area contributed by atoms with Gasteiger partial charge < -0.3 is 14.7 Å². The lowest BCUT2D eigenvalue weighted by atomic mass is 9.97. The highest BCUT2D eigenvalue weighted by Gasteiger charge is 2.46. The normalized spacial score (nSPS) is 21.0. The molecule has 0 aliphatic carbocycles. The summed E-state index contributed by atoms with van der Waals surface area (Å²) in [5.74, 6) is -1.54. The van der Waals surface area contributed by atoms with E-state index in [1.165, 1.54) is 0 Å². The van der Waals surface area contributed by atoms with Crippen molar-refractivity contribution < 1.29 is 19.4 Å². The molecule has 2 aliphatic rings. The molecule has 0 bridgehead atoms. The van der Waals surface area contributed by atoms with E-state index in [2.05, 4.69) is 14.9 Å². The van der Waals surface area contributed by atoms with Gasteiger partial charge in [0.15, 0.2) is 5.76 Å². The lowest BCUT2D eigenvalue weighted by molar-refractivity contribution is -0.140. The number of aliphatic hydroxyl groups excluding tert-OH is 1. The molecule has 1 atom stereocenters. The average molecular weight is 462 g/mol. The molecule has 0 unspecified atom stereocenters. The van der Waals surface area contributed by atoms with E-state index in [4.69, 9.17) is 4.74 Å². The van der Waals surface area contributed by atoms with E-state index in [9.17, 15) is 14.7 Å². The molecule has 2 fully saturated rings. The van der Waals surface area contributed by atoms with Gasteiger partial charge in [-0.25, -0.2) is 4.98 Å². The predicted octanol–water partition coefficient (Wildman–Crippen LogP) is 2.10. The van der Waals surface area contributed by atoms with Crippen LogP contribution in [0.4, 0.5) is 0 Å². The molecule has 5 rings (SSSR count). The number of imidazole rings is 1. The van der Waals surface area contributed by atoms with Crippen LogP contribution in [0.1, 0.15) is 28.6 Å². The quantitative estimate of drug-likeness (QED) is 0.353. The summed E-state index contributed by atoms with van der Waals surface area (Å²) < 4.78 is 7.18. The molecule has 9 heteroatoms. The number of nitrogens with zero attached hydrogens (tertiary/aromatic N) is 5. The molecule has 34 heavy (non-hydrogen) atoms. The zero-order chi connectivity index (χ0) is 23.8. The van der Waals surface area contributed by atoms with Crippen LogP contribution in [0, 0.1) is 13.8 Å². The van der Waals surface area contributed by atoms with Crippen molar-refractivity contribution in [3.05, 3.63) is 70.9 Å². The molecule has 9 nitrogen and oxygen atoms in total. The molecule has 0 radical (unpaired) electrons. The van der Waals surface area contributed by atoms with Gasteiger partial charge >= 0.3 is 0 Å². The number of aromatic nitrogens is 3. The summed E-state index contributed by atoms with van der Waals surface area (Å²) in [6.07, 6.45) is 5.07. The smallest absolute Gasteiger partial charge is 0.295 e. The van der Waals surface area contributed by atoms with Gasteiger partial charge in [-0.3, -0.25) is 23.9 Å². The van der Waals surface area contributed by atoms with Crippen LogP contribution in [0.25, 0.3) is 11.4 Å². The highest BCUT2D eigenvalue weighted by molar-refractivity contribution is 6.46.